The standard InChI is InChI=1S/C13H14ClO6P/c1-7-4-11-8(5-10(7)14)12(15)9(6-20-11)13(16)21(17,18-2)19-3/h4-6,13,16H,1-3H3. The Morgan fingerprint density at radius 2 is 1.95 bits per heavy atom. The van der Waals surface area contributed by atoms with Gasteiger partial charge in [-0.1, -0.05) is 11.6 Å². The van der Waals surface area contributed by atoms with Crippen molar-refractivity contribution in [1.29, 1.82) is 0 Å². The molecule has 1 atom stereocenters. The zero-order chi connectivity index (χ0) is 15.8. The lowest BCUT2D eigenvalue weighted by Gasteiger charge is -2.19. The molecule has 1 N–H and O–H groups in total. The van der Waals surface area contributed by atoms with Crippen LogP contribution in [0, 0.1) is 6.92 Å². The number of benzene rings is 1. The molecule has 0 saturated heterocycles. The number of fused-ring (bicyclic) bond motifs is 1. The van der Waals surface area contributed by atoms with Gasteiger partial charge in [-0.05, 0) is 24.6 Å². The average molecular weight is 333 g/mol. The molecule has 21 heavy (non-hydrogen) atoms. The Hall–Kier alpha value is -1.17. The fourth-order valence-electron chi connectivity index (χ4n) is 1.89. The van der Waals surface area contributed by atoms with Crippen LogP contribution in [0.1, 0.15) is 17.0 Å². The first-order valence-electron chi connectivity index (χ1n) is 5.95. The number of aliphatic hydroxyl groups excluding tert-OH is 1. The van der Waals surface area contributed by atoms with Gasteiger partial charge in [0.25, 0.3) is 0 Å². The molecule has 0 saturated carbocycles. The third-order valence-corrected chi connectivity index (χ3v) is 5.47. The predicted molar refractivity (Wildman–Crippen MR) is 78.8 cm³/mol. The Labute approximate surface area is 125 Å². The highest BCUT2D eigenvalue weighted by molar-refractivity contribution is 7.53. The Balaban J connectivity index is 2.67. The van der Waals surface area contributed by atoms with Crippen LogP contribution in [0.2, 0.25) is 5.02 Å². The van der Waals surface area contributed by atoms with Gasteiger partial charge in [-0.25, -0.2) is 0 Å². The summed E-state index contributed by atoms with van der Waals surface area (Å²) in [6.07, 6.45) is 1.05. The van der Waals surface area contributed by atoms with Gasteiger partial charge in [0, 0.05) is 19.2 Å². The van der Waals surface area contributed by atoms with Gasteiger partial charge in [-0.3, -0.25) is 9.36 Å². The summed E-state index contributed by atoms with van der Waals surface area (Å²) in [4.78, 5) is 12.4. The van der Waals surface area contributed by atoms with E-state index in [1.54, 1.807) is 13.0 Å². The van der Waals surface area contributed by atoms with Crippen molar-refractivity contribution < 1.29 is 23.1 Å². The van der Waals surface area contributed by atoms with Gasteiger partial charge in [0.1, 0.15) is 11.8 Å². The average Bonchev–Trinajstić information content (AvgIpc) is 2.48. The molecule has 1 unspecified atom stereocenters. The normalized spacial score (nSPS) is 13.6. The van der Waals surface area contributed by atoms with Gasteiger partial charge >= 0.3 is 7.60 Å². The molecule has 8 heteroatoms. The zero-order valence-corrected chi connectivity index (χ0v) is 13.3. The molecule has 0 amide bonds. The molecular formula is C13H14ClO6P. The monoisotopic (exact) mass is 332 g/mol. The minimum absolute atomic E-state index is 0.181. The van der Waals surface area contributed by atoms with Crippen molar-refractivity contribution in [1.82, 2.24) is 0 Å². The predicted octanol–water partition coefficient (Wildman–Crippen LogP) is 3.23. The third kappa shape index (κ3) is 2.78. The van der Waals surface area contributed by atoms with Crippen molar-refractivity contribution >= 4 is 30.2 Å². The van der Waals surface area contributed by atoms with E-state index in [0.717, 1.165) is 26.0 Å². The van der Waals surface area contributed by atoms with Crippen LogP contribution in [0.4, 0.5) is 0 Å². The fraction of sp³-hybridized carbons (Fsp3) is 0.308. The van der Waals surface area contributed by atoms with Crippen LogP contribution < -0.4 is 5.43 Å². The molecule has 0 aliphatic rings. The minimum Gasteiger partial charge on any atom is -0.464 e. The number of rotatable bonds is 4. The van der Waals surface area contributed by atoms with Gasteiger partial charge in [0.2, 0.25) is 0 Å². The van der Waals surface area contributed by atoms with Crippen molar-refractivity contribution in [2.75, 3.05) is 14.2 Å². The molecular weight excluding hydrogens is 319 g/mol. The second-order valence-electron chi connectivity index (χ2n) is 4.40. The van der Waals surface area contributed by atoms with Gasteiger partial charge in [0.05, 0.1) is 10.9 Å². The smallest absolute Gasteiger partial charge is 0.363 e. The first-order valence-corrected chi connectivity index (χ1v) is 7.94. The van der Waals surface area contributed by atoms with E-state index in [-0.39, 0.29) is 10.9 Å². The SMILES string of the molecule is COP(=O)(OC)C(O)c1coc2cc(C)c(Cl)cc2c1=O. The van der Waals surface area contributed by atoms with E-state index in [1.165, 1.54) is 6.07 Å². The van der Waals surface area contributed by atoms with E-state index in [9.17, 15) is 14.5 Å². The number of hydrogen-bond acceptors (Lipinski definition) is 6. The molecule has 0 radical (unpaired) electrons. The quantitative estimate of drug-likeness (QED) is 0.865. The van der Waals surface area contributed by atoms with Crippen molar-refractivity contribution in [3.8, 4) is 0 Å². The summed E-state index contributed by atoms with van der Waals surface area (Å²) in [7, 11) is -1.62. The highest BCUT2D eigenvalue weighted by Gasteiger charge is 2.36. The van der Waals surface area contributed by atoms with E-state index >= 15 is 0 Å². The summed E-state index contributed by atoms with van der Waals surface area (Å²) in [5.74, 6) is -1.74. The Bertz CT molecular complexity index is 776. The molecule has 1 heterocycles. The Morgan fingerprint density at radius 3 is 2.52 bits per heavy atom. The number of hydrogen-bond donors (Lipinski definition) is 1. The number of aliphatic hydroxyl groups is 1. The van der Waals surface area contributed by atoms with E-state index < -0.39 is 18.9 Å². The maximum Gasteiger partial charge on any atom is 0.363 e. The Morgan fingerprint density at radius 1 is 1.33 bits per heavy atom. The summed E-state index contributed by atoms with van der Waals surface area (Å²) < 4.78 is 26.9. The molecule has 114 valence electrons. The highest BCUT2D eigenvalue weighted by atomic mass is 35.5. The summed E-state index contributed by atoms with van der Waals surface area (Å²) in [5, 5.41) is 10.7. The van der Waals surface area contributed by atoms with Crippen LogP contribution in [-0.2, 0) is 13.6 Å². The fourth-order valence-corrected chi connectivity index (χ4v) is 3.12. The van der Waals surface area contributed by atoms with Crippen molar-refractivity contribution in [3.05, 3.63) is 44.8 Å². The van der Waals surface area contributed by atoms with E-state index in [1.807, 2.05) is 0 Å². The first kappa shape index (κ1) is 16.2. The number of halogens is 1. The van der Waals surface area contributed by atoms with Gasteiger partial charge in [-0.2, -0.15) is 0 Å². The van der Waals surface area contributed by atoms with E-state index in [0.29, 0.717) is 10.6 Å². The molecule has 6 nitrogen and oxygen atoms in total. The molecule has 0 aliphatic heterocycles. The maximum atomic E-state index is 12.4. The lowest BCUT2D eigenvalue weighted by molar-refractivity contribution is 0.174. The molecule has 0 spiro atoms. The molecule has 0 aliphatic carbocycles. The van der Waals surface area contributed by atoms with Gasteiger partial charge in [-0.15, -0.1) is 0 Å². The topological polar surface area (TPSA) is 86.0 Å². The number of aryl methyl sites for hydroxylation is 1. The lowest BCUT2D eigenvalue weighted by atomic mass is 10.1. The molecule has 2 rings (SSSR count). The molecule has 2 aromatic rings. The van der Waals surface area contributed by atoms with Crippen molar-refractivity contribution in [3.63, 3.8) is 0 Å². The van der Waals surface area contributed by atoms with Crippen molar-refractivity contribution in [2.24, 2.45) is 0 Å². The molecule has 0 bridgehead atoms. The van der Waals surface area contributed by atoms with E-state index in [4.69, 9.17) is 16.0 Å². The van der Waals surface area contributed by atoms with Crippen LogP contribution in [-0.4, -0.2) is 19.3 Å². The van der Waals surface area contributed by atoms with Crippen LogP contribution in [0.25, 0.3) is 11.0 Å². The van der Waals surface area contributed by atoms with Gasteiger partial charge in [0.15, 0.2) is 11.3 Å². The van der Waals surface area contributed by atoms with Crippen LogP contribution >= 0.6 is 19.2 Å². The third-order valence-electron chi connectivity index (χ3n) is 3.17. The molecule has 1 aromatic heterocycles. The lowest BCUT2D eigenvalue weighted by Crippen LogP contribution is -2.15. The van der Waals surface area contributed by atoms with Crippen LogP contribution in [0.5, 0.6) is 0 Å². The summed E-state index contributed by atoms with van der Waals surface area (Å²) in [6.45, 7) is 1.77. The highest BCUT2D eigenvalue weighted by Crippen LogP contribution is 2.57. The second kappa shape index (κ2) is 5.91. The minimum atomic E-state index is -3.86. The van der Waals surface area contributed by atoms with Crippen molar-refractivity contribution in [2.45, 2.75) is 12.8 Å². The second-order valence-corrected chi connectivity index (χ2v) is 7.10. The van der Waals surface area contributed by atoms with Crippen LogP contribution in [0.3, 0.4) is 0 Å². The maximum absolute atomic E-state index is 12.4. The summed E-state index contributed by atoms with van der Waals surface area (Å²) in [5.41, 5.74) is 0.317. The molecule has 1 aromatic carbocycles. The largest absolute Gasteiger partial charge is 0.464 e. The van der Waals surface area contributed by atoms with E-state index in [2.05, 4.69) is 9.05 Å². The molecule has 0 fully saturated rings. The zero-order valence-electron chi connectivity index (χ0n) is 11.6. The Kier molecular flexibility index (Phi) is 4.56. The van der Waals surface area contributed by atoms with Crippen LogP contribution in [0.15, 0.2) is 27.6 Å². The summed E-state index contributed by atoms with van der Waals surface area (Å²) in [6, 6.07) is 3.06. The summed E-state index contributed by atoms with van der Waals surface area (Å²) >= 11 is 5.99. The first-order chi connectivity index (χ1) is 9.84. The van der Waals surface area contributed by atoms with Gasteiger partial charge < -0.3 is 18.6 Å².